The molecule has 1 fully saturated rings. The Labute approximate surface area is 215 Å². The van der Waals surface area contributed by atoms with Gasteiger partial charge in [0.1, 0.15) is 5.75 Å². The van der Waals surface area contributed by atoms with Gasteiger partial charge in [-0.15, -0.1) is 22.6 Å². The molecule has 2 aromatic carbocycles. The normalized spacial score (nSPS) is 14.6. The van der Waals surface area contributed by atoms with Gasteiger partial charge in [0.25, 0.3) is 0 Å². The summed E-state index contributed by atoms with van der Waals surface area (Å²) in [5.74, 6) is 1.01. The highest BCUT2D eigenvalue weighted by molar-refractivity contribution is 6.32. The molecule has 10 heteroatoms. The molecular weight excluding hydrogens is 489 g/mol. The summed E-state index contributed by atoms with van der Waals surface area (Å²) < 4.78 is 5.21. The van der Waals surface area contributed by atoms with Crippen molar-refractivity contribution in [3.63, 3.8) is 0 Å². The molecule has 184 valence electrons. The van der Waals surface area contributed by atoms with Gasteiger partial charge in [-0.3, -0.25) is 4.79 Å². The van der Waals surface area contributed by atoms with E-state index < -0.39 is 5.97 Å². The number of methoxy groups -OCH3 is 1. The molecule has 0 aliphatic carbocycles. The number of carboxylic acids is 1. The van der Waals surface area contributed by atoms with Crippen LogP contribution in [-0.2, 0) is 11.3 Å². The molecule has 1 aliphatic heterocycles. The fraction of sp³-hybridized carbons (Fsp3) is 0.360. The molecular formula is C25H27Cl2N5O3. The highest BCUT2D eigenvalue weighted by Crippen LogP contribution is 2.35. The van der Waals surface area contributed by atoms with Gasteiger partial charge in [0.05, 0.1) is 24.6 Å². The molecule has 2 heterocycles. The molecule has 0 amide bonds. The van der Waals surface area contributed by atoms with Gasteiger partial charge in [0.15, 0.2) is 17.3 Å². The van der Waals surface area contributed by atoms with E-state index in [1.807, 2.05) is 30.3 Å². The van der Waals surface area contributed by atoms with E-state index in [1.54, 1.807) is 20.1 Å². The minimum absolute atomic E-state index is 0. The van der Waals surface area contributed by atoms with Crippen molar-refractivity contribution in [1.82, 2.24) is 10.2 Å². The lowest BCUT2D eigenvalue weighted by molar-refractivity contribution is -0.143. The molecule has 0 saturated carbocycles. The van der Waals surface area contributed by atoms with Crippen molar-refractivity contribution in [3.8, 4) is 5.75 Å². The van der Waals surface area contributed by atoms with E-state index in [0.717, 1.165) is 35.0 Å². The lowest BCUT2D eigenvalue weighted by Gasteiger charge is -2.34. The predicted molar refractivity (Wildman–Crippen MR) is 140 cm³/mol. The SMILES string of the molecule is Cl.[C-]#[N+]c1ccc2c(N3CCC(C(C)C(=O)O)CC3)nnc(NCc3ccc(OC)c(Cl)c3)c2c1. The van der Waals surface area contributed by atoms with Crippen LogP contribution in [0, 0.1) is 18.4 Å². The maximum Gasteiger partial charge on any atom is 0.306 e. The monoisotopic (exact) mass is 515 g/mol. The van der Waals surface area contributed by atoms with Gasteiger partial charge in [0, 0.05) is 30.4 Å². The van der Waals surface area contributed by atoms with E-state index in [9.17, 15) is 9.90 Å². The molecule has 8 nitrogen and oxygen atoms in total. The maximum atomic E-state index is 11.4. The Kier molecular flexibility index (Phi) is 8.60. The summed E-state index contributed by atoms with van der Waals surface area (Å²) in [4.78, 5) is 17.1. The number of fused-ring (bicyclic) bond motifs is 1. The third-order valence-electron chi connectivity index (χ3n) is 6.48. The third kappa shape index (κ3) is 5.69. The van der Waals surface area contributed by atoms with Gasteiger partial charge in [-0.05, 0) is 42.5 Å². The average Bonchev–Trinajstić information content (AvgIpc) is 2.86. The van der Waals surface area contributed by atoms with Crippen LogP contribution in [0.2, 0.25) is 5.02 Å². The number of anilines is 2. The Morgan fingerprint density at radius 1 is 1.26 bits per heavy atom. The van der Waals surface area contributed by atoms with Crippen LogP contribution in [0.1, 0.15) is 25.3 Å². The number of piperidine rings is 1. The van der Waals surface area contributed by atoms with Gasteiger partial charge in [0.2, 0.25) is 0 Å². The van der Waals surface area contributed by atoms with Crippen molar-refractivity contribution in [2.24, 2.45) is 11.8 Å². The number of rotatable bonds is 7. The quantitative estimate of drug-likeness (QED) is 0.383. The number of aliphatic carboxylic acids is 1. The smallest absolute Gasteiger partial charge is 0.306 e. The number of halogens is 2. The van der Waals surface area contributed by atoms with Crippen molar-refractivity contribution in [2.75, 3.05) is 30.4 Å². The lowest BCUT2D eigenvalue weighted by atomic mass is 9.85. The Hall–Kier alpha value is -3.28. The second-order valence-corrected chi connectivity index (χ2v) is 8.89. The first kappa shape index (κ1) is 26.3. The number of nitrogens with one attached hydrogen (secondary N) is 1. The minimum Gasteiger partial charge on any atom is -0.495 e. The molecule has 0 radical (unpaired) electrons. The first-order valence-electron chi connectivity index (χ1n) is 11.1. The highest BCUT2D eigenvalue weighted by atomic mass is 35.5. The number of aromatic nitrogens is 2. The van der Waals surface area contributed by atoms with Gasteiger partial charge in [-0.2, -0.15) is 0 Å². The molecule has 1 aromatic heterocycles. The van der Waals surface area contributed by atoms with Crippen molar-refractivity contribution in [2.45, 2.75) is 26.3 Å². The van der Waals surface area contributed by atoms with Crippen LogP contribution < -0.4 is 15.0 Å². The third-order valence-corrected chi connectivity index (χ3v) is 6.78. The van der Waals surface area contributed by atoms with E-state index in [-0.39, 0.29) is 24.2 Å². The van der Waals surface area contributed by atoms with E-state index >= 15 is 0 Å². The zero-order valence-electron chi connectivity index (χ0n) is 19.5. The molecule has 0 bridgehead atoms. The van der Waals surface area contributed by atoms with Gasteiger partial charge >= 0.3 is 5.97 Å². The Morgan fingerprint density at radius 3 is 2.63 bits per heavy atom. The first-order valence-corrected chi connectivity index (χ1v) is 11.5. The number of ether oxygens (including phenoxy) is 1. The molecule has 4 rings (SSSR count). The predicted octanol–water partition coefficient (Wildman–Crippen LogP) is 5.81. The molecule has 2 N–H and O–H groups in total. The first-order chi connectivity index (χ1) is 16.4. The standard InChI is InChI=1S/C25H26ClN5O3.ClH/c1-15(25(32)33)17-8-10-31(11-9-17)24-19-6-5-18(27-2)13-20(19)23(29-30-24)28-14-16-4-7-22(34-3)21(26)12-16;/h4-7,12-13,15,17H,8-11,14H2,1,3H3,(H,28,29)(H,32,33);1H. The van der Waals surface area contributed by atoms with Crippen LogP contribution in [0.5, 0.6) is 5.75 Å². The number of carboxylic acid groups (broad SMARTS) is 1. The molecule has 1 saturated heterocycles. The molecule has 35 heavy (non-hydrogen) atoms. The summed E-state index contributed by atoms with van der Waals surface area (Å²) in [5.41, 5.74) is 1.48. The van der Waals surface area contributed by atoms with Crippen LogP contribution in [0.25, 0.3) is 15.6 Å². The van der Waals surface area contributed by atoms with Crippen molar-refractivity contribution >= 4 is 58.1 Å². The number of hydrogen-bond donors (Lipinski definition) is 2. The zero-order chi connectivity index (χ0) is 24.2. The van der Waals surface area contributed by atoms with Crippen LogP contribution in [0.15, 0.2) is 36.4 Å². The summed E-state index contributed by atoms with van der Waals surface area (Å²) in [6, 6.07) is 11.1. The van der Waals surface area contributed by atoms with Crippen LogP contribution in [0.3, 0.4) is 0 Å². The van der Waals surface area contributed by atoms with Gasteiger partial charge < -0.3 is 20.1 Å². The molecule has 1 atom stereocenters. The fourth-order valence-corrected chi connectivity index (χ4v) is 4.66. The largest absolute Gasteiger partial charge is 0.495 e. The van der Waals surface area contributed by atoms with Crippen LogP contribution in [0.4, 0.5) is 17.3 Å². The molecule has 3 aromatic rings. The number of carbonyl (C=O) groups is 1. The summed E-state index contributed by atoms with van der Waals surface area (Å²) in [6.07, 6.45) is 1.57. The highest BCUT2D eigenvalue weighted by Gasteiger charge is 2.29. The Balaban J connectivity index is 0.00000342. The lowest BCUT2D eigenvalue weighted by Crippen LogP contribution is -2.38. The summed E-state index contributed by atoms with van der Waals surface area (Å²) in [6.45, 7) is 11.1. The van der Waals surface area contributed by atoms with E-state index in [4.69, 9.17) is 22.9 Å². The van der Waals surface area contributed by atoms with Crippen LogP contribution in [-0.4, -0.2) is 41.5 Å². The Bertz CT molecular complexity index is 1260. The van der Waals surface area contributed by atoms with E-state index in [1.165, 1.54) is 0 Å². The molecule has 1 aliphatic rings. The van der Waals surface area contributed by atoms with Gasteiger partial charge in [-0.1, -0.05) is 36.7 Å². The maximum absolute atomic E-state index is 11.4. The second kappa shape index (κ2) is 11.4. The van der Waals surface area contributed by atoms with Crippen molar-refractivity contribution < 1.29 is 14.6 Å². The van der Waals surface area contributed by atoms with Crippen molar-refractivity contribution in [1.29, 1.82) is 0 Å². The van der Waals surface area contributed by atoms with Crippen LogP contribution >= 0.6 is 24.0 Å². The topological polar surface area (TPSA) is 91.9 Å². The second-order valence-electron chi connectivity index (χ2n) is 8.49. The number of benzene rings is 2. The molecule has 1 unspecified atom stereocenters. The molecule has 0 spiro atoms. The summed E-state index contributed by atoms with van der Waals surface area (Å²) >= 11 is 6.25. The average molecular weight is 516 g/mol. The van der Waals surface area contributed by atoms with E-state index in [2.05, 4.69) is 25.3 Å². The van der Waals surface area contributed by atoms with E-state index in [0.29, 0.717) is 41.9 Å². The summed E-state index contributed by atoms with van der Waals surface area (Å²) in [5, 5.41) is 23.9. The Morgan fingerprint density at radius 2 is 2.00 bits per heavy atom. The summed E-state index contributed by atoms with van der Waals surface area (Å²) in [7, 11) is 1.58. The van der Waals surface area contributed by atoms with Gasteiger partial charge in [-0.25, -0.2) is 4.85 Å². The number of nitrogens with zero attached hydrogens (tertiary/aromatic N) is 4. The number of hydrogen-bond acceptors (Lipinski definition) is 6. The minimum atomic E-state index is -0.746. The zero-order valence-corrected chi connectivity index (χ0v) is 21.1. The van der Waals surface area contributed by atoms with Crippen molar-refractivity contribution in [3.05, 3.63) is 58.4 Å². The fourth-order valence-electron chi connectivity index (χ4n) is 4.38.